The number of pyridine rings is 1. The Hall–Kier alpha value is -1.91. The van der Waals surface area contributed by atoms with Crippen LogP contribution in [0.5, 0.6) is 0 Å². The lowest BCUT2D eigenvalue weighted by molar-refractivity contribution is 0.183. The minimum atomic E-state index is 0. The molecule has 144 valence electrons. The predicted octanol–water partition coefficient (Wildman–Crippen LogP) is 4.94. The molecule has 5 heteroatoms. The molecular formula is C22H26Cl2N2O. The number of hydrogen-bond donors (Lipinski definition) is 1. The maximum absolute atomic E-state index is 4.43. The van der Waals surface area contributed by atoms with E-state index < -0.39 is 0 Å². The van der Waals surface area contributed by atoms with E-state index in [1.165, 1.54) is 36.0 Å². The van der Waals surface area contributed by atoms with Gasteiger partial charge < -0.3 is 10.8 Å². The van der Waals surface area contributed by atoms with Crippen molar-refractivity contribution < 1.29 is 5.48 Å². The normalized spacial score (nSPS) is 13.9. The van der Waals surface area contributed by atoms with Crippen LogP contribution in [0.1, 0.15) is 30.5 Å². The van der Waals surface area contributed by atoms with Crippen LogP contribution in [0.4, 0.5) is 0 Å². The topological polar surface area (TPSA) is 56.4 Å². The molecule has 0 saturated heterocycles. The molecule has 3 aromatic rings. The van der Waals surface area contributed by atoms with Gasteiger partial charge in [-0.3, -0.25) is 4.98 Å². The highest BCUT2D eigenvalue weighted by molar-refractivity contribution is 5.85. The fourth-order valence-electron chi connectivity index (χ4n) is 3.47. The number of hydrogen-bond acceptors (Lipinski definition) is 2. The summed E-state index contributed by atoms with van der Waals surface area (Å²) in [4.78, 5) is 4.43. The summed E-state index contributed by atoms with van der Waals surface area (Å²) in [5, 5.41) is 3.76. The van der Waals surface area contributed by atoms with Crippen LogP contribution in [0.15, 0.2) is 79.0 Å². The fraction of sp³-hybridized carbons (Fsp3) is 0.227. The number of nitrogens with zero attached hydrogens (tertiary/aromatic N) is 1. The van der Waals surface area contributed by atoms with E-state index in [1.807, 2.05) is 18.3 Å². The maximum atomic E-state index is 4.43. The van der Waals surface area contributed by atoms with Gasteiger partial charge in [-0.05, 0) is 48.1 Å². The molecule has 0 unspecified atom stereocenters. The molecule has 0 amide bonds. The van der Waals surface area contributed by atoms with Crippen LogP contribution in [0.25, 0.3) is 11.1 Å². The van der Waals surface area contributed by atoms with Gasteiger partial charge in [0.15, 0.2) is 0 Å². The molecule has 3 N–H and O–H groups in total. The third-order valence-corrected chi connectivity index (χ3v) is 5.09. The van der Waals surface area contributed by atoms with Gasteiger partial charge in [-0.1, -0.05) is 60.7 Å². The summed E-state index contributed by atoms with van der Waals surface area (Å²) in [5.41, 5.74) is 5.16. The minimum absolute atomic E-state index is 0. The van der Waals surface area contributed by atoms with Crippen LogP contribution in [0.3, 0.4) is 0 Å². The first kappa shape index (κ1) is 23.1. The Morgan fingerprint density at radius 1 is 0.778 bits per heavy atom. The SMILES string of the molecule is Cl.Cl.O.c1ccc(-c2ccc(C3(NCc4ccccn4)CCC3)cc2)cc1. The number of halogens is 2. The molecule has 3 nitrogen and oxygen atoms in total. The average molecular weight is 405 g/mol. The van der Waals surface area contributed by atoms with Gasteiger partial charge in [0.25, 0.3) is 0 Å². The van der Waals surface area contributed by atoms with Gasteiger partial charge in [0.1, 0.15) is 0 Å². The van der Waals surface area contributed by atoms with Crippen LogP contribution >= 0.6 is 24.8 Å². The van der Waals surface area contributed by atoms with E-state index in [2.05, 4.69) is 71.0 Å². The Kier molecular flexibility index (Phi) is 8.94. The van der Waals surface area contributed by atoms with E-state index >= 15 is 0 Å². The second-order valence-corrected chi connectivity index (χ2v) is 6.55. The Labute approximate surface area is 173 Å². The van der Waals surface area contributed by atoms with E-state index in [4.69, 9.17) is 0 Å². The Bertz CT molecular complexity index is 792. The molecule has 27 heavy (non-hydrogen) atoms. The lowest BCUT2D eigenvalue weighted by Gasteiger charge is -2.43. The van der Waals surface area contributed by atoms with Gasteiger partial charge >= 0.3 is 0 Å². The molecule has 1 fully saturated rings. The smallest absolute Gasteiger partial charge is 0.0541 e. The van der Waals surface area contributed by atoms with Crippen molar-refractivity contribution in [3.05, 3.63) is 90.3 Å². The van der Waals surface area contributed by atoms with Crippen molar-refractivity contribution in [2.45, 2.75) is 31.3 Å². The van der Waals surface area contributed by atoms with Gasteiger partial charge in [-0.15, -0.1) is 24.8 Å². The Morgan fingerprint density at radius 2 is 1.41 bits per heavy atom. The highest BCUT2D eigenvalue weighted by atomic mass is 35.5. The maximum Gasteiger partial charge on any atom is 0.0541 e. The summed E-state index contributed by atoms with van der Waals surface area (Å²) in [6.07, 6.45) is 5.55. The first-order valence-electron chi connectivity index (χ1n) is 8.67. The van der Waals surface area contributed by atoms with Crippen molar-refractivity contribution in [1.29, 1.82) is 0 Å². The molecule has 0 atom stereocenters. The fourth-order valence-corrected chi connectivity index (χ4v) is 3.47. The lowest BCUT2D eigenvalue weighted by Crippen LogP contribution is -2.47. The van der Waals surface area contributed by atoms with Crippen LogP contribution in [-0.2, 0) is 12.1 Å². The number of benzene rings is 2. The first-order chi connectivity index (χ1) is 11.9. The van der Waals surface area contributed by atoms with Gasteiger partial charge in [0.05, 0.1) is 5.69 Å². The minimum Gasteiger partial charge on any atom is -0.412 e. The molecule has 1 aliphatic carbocycles. The molecule has 1 heterocycles. The number of rotatable bonds is 5. The summed E-state index contributed by atoms with van der Waals surface area (Å²) in [6.45, 7) is 0.821. The predicted molar refractivity (Wildman–Crippen MR) is 117 cm³/mol. The zero-order valence-corrected chi connectivity index (χ0v) is 16.7. The summed E-state index contributed by atoms with van der Waals surface area (Å²) in [7, 11) is 0. The molecule has 1 aliphatic rings. The van der Waals surface area contributed by atoms with Crippen molar-refractivity contribution in [2.75, 3.05) is 0 Å². The molecule has 1 saturated carbocycles. The second kappa shape index (κ2) is 10.4. The zero-order chi connectivity index (χ0) is 16.2. The molecule has 0 bridgehead atoms. The van der Waals surface area contributed by atoms with Crippen molar-refractivity contribution >= 4 is 24.8 Å². The molecule has 1 aromatic heterocycles. The van der Waals surface area contributed by atoms with Gasteiger partial charge in [-0.2, -0.15) is 0 Å². The van der Waals surface area contributed by atoms with Crippen molar-refractivity contribution in [1.82, 2.24) is 10.3 Å². The molecule has 0 radical (unpaired) electrons. The van der Waals surface area contributed by atoms with Gasteiger partial charge in [0, 0.05) is 18.3 Å². The van der Waals surface area contributed by atoms with E-state index in [-0.39, 0.29) is 35.8 Å². The number of aromatic nitrogens is 1. The summed E-state index contributed by atoms with van der Waals surface area (Å²) in [5.74, 6) is 0. The zero-order valence-electron chi connectivity index (χ0n) is 15.1. The average Bonchev–Trinajstić information content (AvgIpc) is 2.63. The van der Waals surface area contributed by atoms with E-state index in [9.17, 15) is 0 Å². The summed E-state index contributed by atoms with van der Waals surface area (Å²) >= 11 is 0. The largest absolute Gasteiger partial charge is 0.412 e. The van der Waals surface area contributed by atoms with E-state index in [0.717, 1.165) is 12.2 Å². The molecule has 4 rings (SSSR count). The van der Waals surface area contributed by atoms with E-state index in [1.54, 1.807) is 0 Å². The van der Waals surface area contributed by atoms with Crippen LogP contribution in [0.2, 0.25) is 0 Å². The van der Waals surface area contributed by atoms with Crippen LogP contribution in [-0.4, -0.2) is 10.5 Å². The number of nitrogens with one attached hydrogen (secondary N) is 1. The third kappa shape index (κ3) is 5.08. The first-order valence-corrected chi connectivity index (χ1v) is 8.67. The second-order valence-electron chi connectivity index (χ2n) is 6.55. The van der Waals surface area contributed by atoms with Gasteiger partial charge in [0.2, 0.25) is 0 Å². The summed E-state index contributed by atoms with van der Waals surface area (Å²) < 4.78 is 0. The van der Waals surface area contributed by atoms with Crippen molar-refractivity contribution in [2.24, 2.45) is 0 Å². The monoisotopic (exact) mass is 404 g/mol. The quantitative estimate of drug-likeness (QED) is 0.654. The van der Waals surface area contributed by atoms with Crippen molar-refractivity contribution in [3.8, 4) is 11.1 Å². The van der Waals surface area contributed by atoms with Gasteiger partial charge in [-0.25, -0.2) is 0 Å². The lowest BCUT2D eigenvalue weighted by atomic mass is 9.71. The molecule has 2 aromatic carbocycles. The van der Waals surface area contributed by atoms with Crippen LogP contribution in [0, 0.1) is 0 Å². The Morgan fingerprint density at radius 3 is 1.96 bits per heavy atom. The van der Waals surface area contributed by atoms with Crippen LogP contribution < -0.4 is 5.32 Å². The Balaban J connectivity index is 0.00000121. The van der Waals surface area contributed by atoms with Crippen molar-refractivity contribution in [3.63, 3.8) is 0 Å². The van der Waals surface area contributed by atoms with E-state index in [0.29, 0.717) is 0 Å². The third-order valence-electron chi connectivity index (χ3n) is 5.09. The summed E-state index contributed by atoms with van der Waals surface area (Å²) in [6, 6.07) is 25.7. The standard InChI is InChI=1S/C22H22N2.2ClH.H2O/c1-2-7-18(8-3-1)19-10-12-20(13-11-19)22(14-6-15-22)24-17-21-9-4-5-16-23-21;;;/h1-5,7-13,16,24H,6,14-15,17H2;2*1H;1H2. The highest BCUT2D eigenvalue weighted by Gasteiger charge is 2.38. The highest BCUT2D eigenvalue weighted by Crippen LogP contribution is 2.42. The molecule has 0 spiro atoms. The molecular weight excluding hydrogens is 379 g/mol. The molecule has 0 aliphatic heterocycles.